The molecular weight excluding hydrogens is 467 g/mol. The number of carbonyl (C=O) groups is 1. The number of nitrogens with zero attached hydrogens (tertiary/aromatic N) is 4. The third kappa shape index (κ3) is 5.25. The third-order valence-electron chi connectivity index (χ3n) is 5.73. The molecule has 0 unspecified atom stereocenters. The summed E-state index contributed by atoms with van der Waals surface area (Å²) in [5, 5.41) is 11.3. The minimum absolute atomic E-state index is 0.0409. The van der Waals surface area contributed by atoms with E-state index >= 15 is 0 Å². The van der Waals surface area contributed by atoms with E-state index < -0.39 is 17.8 Å². The van der Waals surface area contributed by atoms with E-state index in [9.17, 15) is 18.0 Å². The van der Waals surface area contributed by atoms with Crippen LogP contribution >= 0.6 is 11.6 Å². The molecule has 1 saturated heterocycles. The van der Waals surface area contributed by atoms with Gasteiger partial charge in [0.25, 0.3) is 0 Å². The van der Waals surface area contributed by atoms with E-state index in [1.807, 2.05) is 43.0 Å². The molecule has 2 heterocycles. The lowest BCUT2D eigenvalue weighted by atomic mass is 10.0. The standard InChI is InChI=1S/C24H23ClF3N5O/c1-15-3-5-18(16(2)13-15)20-7-8-22(31-30-20)32-9-11-33(12-10-32)23(34)29-21-14-17(24(26,27)28)4-6-19(21)25/h3-8,13-14H,9-12H2,1-2H3,(H,29,34). The third-order valence-corrected chi connectivity index (χ3v) is 6.06. The van der Waals surface area contributed by atoms with Gasteiger partial charge in [0.05, 0.1) is 22.0 Å². The minimum atomic E-state index is -4.52. The monoisotopic (exact) mass is 489 g/mol. The summed E-state index contributed by atoms with van der Waals surface area (Å²) in [6.45, 7) is 5.86. The number of hydrogen-bond donors (Lipinski definition) is 1. The molecule has 1 aliphatic rings. The highest BCUT2D eigenvalue weighted by Gasteiger charge is 2.31. The number of halogens is 4. The average Bonchev–Trinajstić information content (AvgIpc) is 2.80. The molecule has 0 aliphatic carbocycles. The second-order valence-corrected chi connectivity index (χ2v) is 8.60. The van der Waals surface area contributed by atoms with Gasteiger partial charge in [-0.25, -0.2) is 4.79 Å². The zero-order chi connectivity index (χ0) is 24.5. The summed E-state index contributed by atoms with van der Waals surface area (Å²) in [7, 11) is 0. The zero-order valence-electron chi connectivity index (χ0n) is 18.7. The van der Waals surface area contributed by atoms with Crippen molar-refractivity contribution >= 4 is 29.1 Å². The van der Waals surface area contributed by atoms with Gasteiger partial charge in [-0.15, -0.1) is 10.2 Å². The highest BCUT2D eigenvalue weighted by Crippen LogP contribution is 2.34. The highest BCUT2D eigenvalue weighted by atomic mass is 35.5. The van der Waals surface area contributed by atoms with Crippen molar-refractivity contribution in [1.82, 2.24) is 15.1 Å². The van der Waals surface area contributed by atoms with E-state index in [1.54, 1.807) is 0 Å². The molecular formula is C24H23ClF3N5O. The number of amides is 2. The van der Waals surface area contributed by atoms with Crippen molar-refractivity contribution in [2.45, 2.75) is 20.0 Å². The lowest BCUT2D eigenvalue weighted by Gasteiger charge is -2.35. The lowest BCUT2D eigenvalue weighted by Crippen LogP contribution is -2.50. The molecule has 0 bridgehead atoms. The fourth-order valence-electron chi connectivity index (χ4n) is 3.87. The summed E-state index contributed by atoms with van der Waals surface area (Å²) < 4.78 is 38.9. The van der Waals surface area contributed by atoms with Gasteiger partial charge in [-0.1, -0.05) is 35.4 Å². The van der Waals surface area contributed by atoms with E-state index in [-0.39, 0.29) is 10.7 Å². The second kappa shape index (κ2) is 9.50. The van der Waals surface area contributed by atoms with E-state index in [2.05, 4.69) is 21.6 Å². The predicted octanol–water partition coefficient (Wildman–Crippen LogP) is 5.79. The summed E-state index contributed by atoms with van der Waals surface area (Å²) in [5.74, 6) is 0.703. The second-order valence-electron chi connectivity index (χ2n) is 8.19. The Balaban J connectivity index is 1.37. The Labute approximate surface area is 200 Å². The SMILES string of the molecule is Cc1ccc(-c2ccc(N3CCN(C(=O)Nc4cc(C(F)(F)F)ccc4Cl)CC3)nn2)c(C)c1. The molecule has 6 nitrogen and oxygen atoms in total. The number of anilines is 2. The van der Waals surface area contributed by atoms with Crippen molar-refractivity contribution in [3.8, 4) is 11.3 Å². The van der Waals surface area contributed by atoms with Crippen molar-refractivity contribution in [1.29, 1.82) is 0 Å². The van der Waals surface area contributed by atoms with Crippen LogP contribution < -0.4 is 10.2 Å². The Morgan fingerprint density at radius 2 is 1.71 bits per heavy atom. The molecule has 1 aromatic heterocycles. The zero-order valence-corrected chi connectivity index (χ0v) is 19.4. The molecule has 178 valence electrons. The van der Waals surface area contributed by atoms with Crippen LogP contribution in [0.3, 0.4) is 0 Å². The molecule has 0 spiro atoms. The number of aryl methyl sites for hydroxylation is 2. The molecule has 0 atom stereocenters. The highest BCUT2D eigenvalue weighted by molar-refractivity contribution is 6.33. The van der Waals surface area contributed by atoms with Crippen molar-refractivity contribution < 1.29 is 18.0 Å². The van der Waals surface area contributed by atoms with Gasteiger partial charge in [-0.2, -0.15) is 13.2 Å². The Morgan fingerprint density at radius 3 is 2.32 bits per heavy atom. The summed E-state index contributed by atoms with van der Waals surface area (Å²) in [4.78, 5) is 16.2. The van der Waals surface area contributed by atoms with Crippen LogP contribution in [0.1, 0.15) is 16.7 Å². The number of alkyl halides is 3. The van der Waals surface area contributed by atoms with Gasteiger partial charge in [-0.3, -0.25) is 0 Å². The summed E-state index contributed by atoms with van der Waals surface area (Å²) in [6.07, 6.45) is -4.52. The van der Waals surface area contributed by atoms with E-state index in [1.165, 1.54) is 10.5 Å². The van der Waals surface area contributed by atoms with Crippen LogP contribution in [-0.2, 0) is 6.18 Å². The number of carbonyl (C=O) groups excluding carboxylic acids is 1. The van der Waals surface area contributed by atoms with E-state index in [0.717, 1.165) is 35.0 Å². The smallest absolute Gasteiger partial charge is 0.352 e. The first-order valence-electron chi connectivity index (χ1n) is 10.7. The maximum absolute atomic E-state index is 13.0. The molecule has 2 amide bonds. The molecule has 1 aliphatic heterocycles. The van der Waals surface area contributed by atoms with Gasteiger partial charge in [0.1, 0.15) is 0 Å². The molecule has 34 heavy (non-hydrogen) atoms. The molecule has 0 radical (unpaired) electrons. The number of nitrogens with one attached hydrogen (secondary N) is 1. The number of benzene rings is 2. The number of piperazine rings is 1. The number of rotatable bonds is 3. The first-order chi connectivity index (χ1) is 16.1. The van der Waals surface area contributed by atoms with Gasteiger partial charge in [0.15, 0.2) is 5.82 Å². The number of hydrogen-bond acceptors (Lipinski definition) is 4. The Morgan fingerprint density at radius 1 is 0.971 bits per heavy atom. The van der Waals surface area contributed by atoms with Gasteiger partial charge in [-0.05, 0) is 49.7 Å². The first-order valence-corrected chi connectivity index (χ1v) is 11.1. The number of aromatic nitrogens is 2. The lowest BCUT2D eigenvalue weighted by molar-refractivity contribution is -0.137. The molecule has 1 fully saturated rings. The Kier molecular flexibility index (Phi) is 6.65. The number of urea groups is 1. The molecule has 3 aromatic rings. The van der Waals surface area contributed by atoms with Crippen LogP contribution in [0.4, 0.5) is 29.5 Å². The molecule has 2 aromatic carbocycles. The summed E-state index contributed by atoms with van der Waals surface area (Å²) in [5.41, 5.74) is 3.18. The largest absolute Gasteiger partial charge is 0.416 e. The fourth-order valence-corrected chi connectivity index (χ4v) is 4.03. The Bertz CT molecular complexity index is 1190. The van der Waals surface area contributed by atoms with Gasteiger partial charge in [0, 0.05) is 31.7 Å². The van der Waals surface area contributed by atoms with Crippen molar-refractivity contribution in [2.75, 3.05) is 36.4 Å². The molecule has 1 N–H and O–H groups in total. The van der Waals surface area contributed by atoms with Crippen molar-refractivity contribution in [2.24, 2.45) is 0 Å². The Hall–Kier alpha value is -3.33. The summed E-state index contributed by atoms with van der Waals surface area (Å²) >= 11 is 5.98. The topological polar surface area (TPSA) is 61.4 Å². The van der Waals surface area contributed by atoms with Gasteiger partial charge >= 0.3 is 12.2 Å². The average molecular weight is 490 g/mol. The van der Waals surface area contributed by atoms with Crippen LogP contribution in [0, 0.1) is 13.8 Å². The van der Waals surface area contributed by atoms with Crippen LogP contribution in [0.25, 0.3) is 11.3 Å². The fraction of sp³-hybridized carbons (Fsp3) is 0.292. The van der Waals surface area contributed by atoms with Crippen LogP contribution in [0.5, 0.6) is 0 Å². The van der Waals surface area contributed by atoms with Crippen molar-refractivity contribution in [3.05, 3.63) is 70.2 Å². The predicted molar refractivity (Wildman–Crippen MR) is 126 cm³/mol. The minimum Gasteiger partial charge on any atom is -0.352 e. The van der Waals surface area contributed by atoms with Gasteiger partial charge in [0.2, 0.25) is 0 Å². The van der Waals surface area contributed by atoms with Crippen LogP contribution in [0.2, 0.25) is 5.02 Å². The maximum atomic E-state index is 13.0. The van der Waals surface area contributed by atoms with E-state index in [4.69, 9.17) is 11.6 Å². The maximum Gasteiger partial charge on any atom is 0.416 e. The summed E-state index contributed by atoms with van der Waals surface area (Å²) in [6, 6.07) is 12.3. The molecule has 4 rings (SSSR count). The van der Waals surface area contributed by atoms with Gasteiger partial charge < -0.3 is 15.1 Å². The van der Waals surface area contributed by atoms with Crippen LogP contribution in [-0.4, -0.2) is 47.3 Å². The first kappa shape index (κ1) is 23.8. The normalized spacial score (nSPS) is 14.3. The molecule has 0 saturated carbocycles. The van der Waals surface area contributed by atoms with E-state index in [0.29, 0.717) is 32.0 Å². The van der Waals surface area contributed by atoms with Crippen molar-refractivity contribution in [3.63, 3.8) is 0 Å². The quantitative estimate of drug-likeness (QED) is 0.506. The molecule has 10 heteroatoms. The van der Waals surface area contributed by atoms with Crippen LogP contribution in [0.15, 0.2) is 48.5 Å².